The quantitative estimate of drug-likeness (QED) is 0.741. The summed E-state index contributed by atoms with van der Waals surface area (Å²) in [7, 11) is -3.44. The first-order valence-electron chi connectivity index (χ1n) is 6.68. The van der Waals surface area contributed by atoms with Crippen molar-refractivity contribution in [2.24, 2.45) is 0 Å². The van der Waals surface area contributed by atoms with Gasteiger partial charge in [-0.1, -0.05) is 24.3 Å². The van der Waals surface area contributed by atoms with Gasteiger partial charge in [0.05, 0.1) is 15.5 Å². The molecule has 114 valence electrons. The molecule has 0 radical (unpaired) electrons. The van der Waals surface area contributed by atoms with Gasteiger partial charge in [0.1, 0.15) is 5.01 Å². The Morgan fingerprint density at radius 2 is 1.86 bits per heavy atom. The van der Waals surface area contributed by atoms with Gasteiger partial charge in [-0.3, -0.25) is 0 Å². The number of thiophene rings is 1. The number of nitrogens with zero attached hydrogens (tertiary/aromatic N) is 1. The molecule has 0 amide bonds. The fourth-order valence-electron chi connectivity index (χ4n) is 1.93. The van der Waals surface area contributed by atoms with Gasteiger partial charge in [0.15, 0.2) is 0 Å². The lowest BCUT2D eigenvalue weighted by atomic mass is 10.3. The van der Waals surface area contributed by atoms with Crippen LogP contribution in [-0.4, -0.2) is 19.9 Å². The molecule has 0 saturated heterocycles. The van der Waals surface area contributed by atoms with Crippen molar-refractivity contribution in [1.82, 2.24) is 9.71 Å². The van der Waals surface area contributed by atoms with E-state index in [1.807, 2.05) is 22.9 Å². The highest BCUT2D eigenvalue weighted by molar-refractivity contribution is 7.89. The van der Waals surface area contributed by atoms with Crippen LogP contribution in [0.3, 0.4) is 0 Å². The Morgan fingerprint density at radius 3 is 2.59 bits per heavy atom. The maximum absolute atomic E-state index is 12.1. The molecule has 22 heavy (non-hydrogen) atoms. The van der Waals surface area contributed by atoms with E-state index in [4.69, 9.17) is 0 Å². The summed E-state index contributed by atoms with van der Waals surface area (Å²) in [5, 5.41) is 4.98. The molecule has 1 aromatic carbocycles. The zero-order valence-electron chi connectivity index (χ0n) is 11.6. The fourth-order valence-corrected chi connectivity index (χ4v) is 4.65. The lowest BCUT2D eigenvalue weighted by Gasteiger charge is -2.05. The summed E-state index contributed by atoms with van der Waals surface area (Å²) in [6, 6.07) is 12.4. The van der Waals surface area contributed by atoms with E-state index in [2.05, 4.69) is 9.71 Å². The Labute approximate surface area is 137 Å². The van der Waals surface area contributed by atoms with Crippen molar-refractivity contribution >= 4 is 32.7 Å². The molecule has 2 heterocycles. The maximum Gasteiger partial charge on any atom is 0.240 e. The summed E-state index contributed by atoms with van der Waals surface area (Å²) in [6.07, 6.45) is 0.577. The lowest BCUT2D eigenvalue weighted by Crippen LogP contribution is -2.26. The summed E-state index contributed by atoms with van der Waals surface area (Å²) in [5.74, 6) is 0. The van der Waals surface area contributed by atoms with Gasteiger partial charge in [0, 0.05) is 18.3 Å². The number of aromatic nitrogens is 1. The Morgan fingerprint density at radius 1 is 1.05 bits per heavy atom. The summed E-state index contributed by atoms with van der Waals surface area (Å²) in [6.45, 7) is 0.338. The molecule has 0 bridgehead atoms. The van der Waals surface area contributed by atoms with E-state index in [1.165, 1.54) is 0 Å². The predicted octanol–water partition coefficient (Wildman–Crippen LogP) is 3.39. The second kappa shape index (κ2) is 6.70. The Bertz CT molecular complexity index is 825. The standard InChI is InChI=1S/C15H14N2O2S3/c18-22(19,13-5-2-1-3-6-13)16-9-8-12-11-21-15(17-12)14-7-4-10-20-14/h1-7,10-11,16H,8-9H2. The van der Waals surface area contributed by atoms with Crippen molar-refractivity contribution in [3.63, 3.8) is 0 Å². The summed E-state index contributed by atoms with van der Waals surface area (Å²) >= 11 is 3.23. The van der Waals surface area contributed by atoms with Crippen molar-refractivity contribution < 1.29 is 8.42 Å². The van der Waals surface area contributed by atoms with Crippen LogP contribution in [0.25, 0.3) is 9.88 Å². The average molecular weight is 350 g/mol. The van der Waals surface area contributed by atoms with Crippen LogP contribution in [0.4, 0.5) is 0 Å². The first kappa shape index (κ1) is 15.4. The molecule has 4 nitrogen and oxygen atoms in total. The van der Waals surface area contributed by atoms with E-state index in [9.17, 15) is 8.42 Å². The molecule has 0 aliphatic rings. The highest BCUT2D eigenvalue weighted by Crippen LogP contribution is 2.27. The van der Waals surface area contributed by atoms with E-state index >= 15 is 0 Å². The van der Waals surface area contributed by atoms with Crippen LogP contribution in [0.5, 0.6) is 0 Å². The zero-order chi connectivity index (χ0) is 15.4. The summed E-state index contributed by atoms with van der Waals surface area (Å²) in [4.78, 5) is 5.96. The second-order valence-electron chi connectivity index (χ2n) is 4.58. The minimum atomic E-state index is -3.44. The van der Waals surface area contributed by atoms with Crippen molar-refractivity contribution in [2.75, 3.05) is 6.54 Å². The average Bonchev–Trinajstić information content (AvgIpc) is 3.19. The molecule has 3 aromatic rings. The fraction of sp³-hybridized carbons (Fsp3) is 0.133. The summed E-state index contributed by atoms with van der Waals surface area (Å²) < 4.78 is 26.8. The van der Waals surface area contributed by atoms with E-state index in [0.29, 0.717) is 13.0 Å². The van der Waals surface area contributed by atoms with E-state index < -0.39 is 10.0 Å². The highest BCUT2D eigenvalue weighted by Gasteiger charge is 2.13. The van der Waals surface area contributed by atoms with Crippen LogP contribution >= 0.6 is 22.7 Å². The van der Waals surface area contributed by atoms with Crippen LogP contribution in [0, 0.1) is 0 Å². The third-order valence-electron chi connectivity index (χ3n) is 3.01. The summed E-state index contributed by atoms with van der Waals surface area (Å²) in [5.41, 5.74) is 0.907. The van der Waals surface area contributed by atoms with Crippen LogP contribution in [0.15, 0.2) is 58.1 Å². The van der Waals surface area contributed by atoms with Gasteiger partial charge in [-0.05, 0) is 23.6 Å². The molecular weight excluding hydrogens is 336 g/mol. The lowest BCUT2D eigenvalue weighted by molar-refractivity contribution is 0.581. The molecule has 1 N–H and O–H groups in total. The topological polar surface area (TPSA) is 59.1 Å². The molecule has 0 aliphatic carbocycles. The minimum Gasteiger partial charge on any atom is -0.240 e. The van der Waals surface area contributed by atoms with Crippen molar-refractivity contribution in [1.29, 1.82) is 0 Å². The number of hydrogen-bond acceptors (Lipinski definition) is 5. The third kappa shape index (κ3) is 3.61. The van der Waals surface area contributed by atoms with Crippen LogP contribution < -0.4 is 4.72 Å². The predicted molar refractivity (Wildman–Crippen MR) is 90.8 cm³/mol. The number of hydrogen-bond donors (Lipinski definition) is 1. The van der Waals surface area contributed by atoms with Gasteiger partial charge in [0.2, 0.25) is 10.0 Å². The number of benzene rings is 1. The molecule has 0 spiro atoms. The third-order valence-corrected chi connectivity index (χ3v) is 6.42. The molecule has 2 aromatic heterocycles. The van der Waals surface area contributed by atoms with Gasteiger partial charge < -0.3 is 0 Å². The number of thiazole rings is 1. The van der Waals surface area contributed by atoms with Gasteiger partial charge in [-0.2, -0.15) is 0 Å². The van der Waals surface area contributed by atoms with Crippen molar-refractivity contribution in [3.8, 4) is 9.88 Å². The van der Waals surface area contributed by atoms with Gasteiger partial charge >= 0.3 is 0 Å². The SMILES string of the molecule is O=S(=O)(NCCc1csc(-c2cccs2)n1)c1ccccc1. The largest absolute Gasteiger partial charge is 0.240 e. The zero-order valence-corrected chi connectivity index (χ0v) is 14.0. The monoisotopic (exact) mass is 350 g/mol. The Balaban J connectivity index is 1.60. The van der Waals surface area contributed by atoms with Gasteiger partial charge in [-0.15, -0.1) is 22.7 Å². The Kier molecular flexibility index (Phi) is 4.68. The van der Waals surface area contributed by atoms with E-state index in [1.54, 1.807) is 53.0 Å². The molecule has 0 unspecified atom stereocenters. The highest BCUT2D eigenvalue weighted by atomic mass is 32.2. The first-order valence-corrected chi connectivity index (χ1v) is 9.92. The van der Waals surface area contributed by atoms with Gasteiger partial charge in [-0.25, -0.2) is 18.1 Å². The second-order valence-corrected chi connectivity index (χ2v) is 8.15. The molecular formula is C15H14N2O2S3. The molecule has 0 aliphatic heterocycles. The number of nitrogens with one attached hydrogen (secondary N) is 1. The molecule has 3 rings (SSSR count). The minimum absolute atomic E-state index is 0.285. The number of sulfonamides is 1. The first-order chi connectivity index (χ1) is 10.6. The van der Waals surface area contributed by atoms with Crippen molar-refractivity contribution in [2.45, 2.75) is 11.3 Å². The molecule has 0 atom stereocenters. The van der Waals surface area contributed by atoms with E-state index in [0.717, 1.165) is 15.6 Å². The maximum atomic E-state index is 12.1. The van der Waals surface area contributed by atoms with Crippen LogP contribution in [-0.2, 0) is 16.4 Å². The van der Waals surface area contributed by atoms with Gasteiger partial charge in [0.25, 0.3) is 0 Å². The van der Waals surface area contributed by atoms with Crippen molar-refractivity contribution in [3.05, 3.63) is 58.9 Å². The normalized spacial score (nSPS) is 11.6. The smallest absolute Gasteiger partial charge is 0.240 e. The molecule has 0 fully saturated rings. The Hall–Kier alpha value is -1.54. The van der Waals surface area contributed by atoms with Crippen LogP contribution in [0.2, 0.25) is 0 Å². The van der Waals surface area contributed by atoms with Crippen LogP contribution in [0.1, 0.15) is 5.69 Å². The molecule has 0 saturated carbocycles. The number of rotatable bonds is 6. The van der Waals surface area contributed by atoms with E-state index in [-0.39, 0.29) is 4.90 Å². The molecule has 7 heteroatoms.